The van der Waals surface area contributed by atoms with Crippen LogP contribution in [0.5, 0.6) is 0 Å². The smallest absolute Gasteiger partial charge is 0.355 e. The van der Waals surface area contributed by atoms with Gasteiger partial charge in [-0.15, -0.1) is 0 Å². The Hall–Kier alpha value is -2.63. The number of nitrogens with one attached hydrogen (secondary N) is 1. The Bertz CT molecular complexity index is 732. The number of H-pyrrole nitrogens is 1. The number of aryl methyl sites for hydroxylation is 1. The maximum atomic E-state index is 12.1. The Morgan fingerprint density at radius 3 is 2.74 bits per heavy atom. The molecule has 1 N–H and O–H groups in total. The summed E-state index contributed by atoms with van der Waals surface area (Å²) in [7, 11) is 1.35. The van der Waals surface area contributed by atoms with Gasteiger partial charge in [0.05, 0.1) is 13.7 Å². The molecular formula is C17H19NO5. The third kappa shape index (κ3) is 3.77. The van der Waals surface area contributed by atoms with Crippen molar-refractivity contribution >= 4 is 29.1 Å². The molecule has 6 heteroatoms. The Labute approximate surface area is 133 Å². The van der Waals surface area contributed by atoms with Gasteiger partial charge in [-0.1, -0.05) is 12.1 Å². The molecule has 0 unspecified atom stereocenters. The zero-order valence-corrected chi connectivity index (χ0v) is 13.2. The summed E-state index contributed by atoms with van der Waals surface area (Å²) in [6.07, 6.45) is 2.12. The average molecular weight is 317 g/mol. The number of esters is 2. The largest absolute Gasteiger partial charge is 0.469 e. The standard InChI is InChI=1S/C17H19NO5/c1-3-23-17(21)16-13(5-4-6-15(20)22-2)12-8-7-11(10-19)9-14(12)18-16/h7-10,18H,3-6H2,1-2H3. The number of hydrogen-bond donors (Lipinski definition) is 1. The number of carbonyl (C=O) groups is 3. The van der Waals surface area contributed by atoms with Crippen LogP contribution in [0.2, 0.25) is 0 Å². The second-order valence-electron chi connectivity index (χ2n) is 5.05. The monoisotopic (exact) mass is 317 g/mol. The molecule has 23 heavy (non-hydrogen) atoms. The number of rotatable bonds is 7. The summed E-state index contributed by atoms with van der Waals surface area (Å²) in [6, 6.07) is 5.18. The molecule has 2 rings (SSSR count). The van der Waals surface area contributed by atoms with Crippen molar-refractivity contribution < 1.29 is 23.9 Å². The van der Waals surface area contributed by atoms with Crippen LogP contribution in [0.25, 0.3) is 10.9 Å². The molecule has 1 aromatic heterocycles. The van der Waals surface area contributed by atoms with Crippen molar-refractivity contribution in [1.82, 2.24) is 4.98 Å². The number of ether oxygens (including phenoxy) is 2. The first-order valence-electron chi connectivity index (χ1n) is 7.44. The summed E-state index contributed by atoms with van der Waals surface area (Å²) in [5.74, 6) is -0.727. The molecule has 0 saturated carbocycles. The molecule has 2 aromatic rings. The van der Waals surface area contributed by atoms with Crippen LogP contribution < -0.4 is 0 Å². The quantitative estimate of drug-likeness (QED) is 0.627. The summed E-state index contributed by atoms with van der Waals surface area (Å²) < 4.78 is 9.70. The van der Waals surface area contributed by atoms with E-state index in [4.69, 9.17) is 4.74 Å². The number of aromatic nitrogens is 1. The maximum Gasteiger partial charge on any atom is 0.355 e. The van der Waals surface area contributed by atoms with E-state index in [0.29, 0.717) is 29.6 Å². The van der Waals surface area contributed by atoms with E-state index in [1.165, 1.54) is 7.11 Å². The summed E-state index contributed by atoms with van der Waals surface area (Å²) in [5.41, 5.74) is 2.38. The van der Waals surface area contributed by atoms with Crippen molar-refractivity contribution in [3.8, 4) is 0 Å². The van der Waals surface area contributed by atoms with Crippen LogP contribution in [-0.2, 0) is 20.7 Å². The predicted octanol–water partition coefficient (Wildman–Crippen LogP) is 2.65. The van der Waals surface area contributed by atoms with Gasteiger partial charge in [-0.2, -0.15) is 0 Å². The molecule has 0 aliphatic rings. The Kier molecular flexibility index (Phi) is 5.51. The number of hydrogen-bond acceptors (Lipinski definition) is 5. The van der Waals surface area contributed by atoms with Gasteiger partial charge in [-0.05, 0) is 31.4 Å². The van der Waals surface area contributed by atoms with Crippen LogP contribution in [0.3, 0.4) is 0 Å². The van der Waals surface area contributed by atoms with Gasteiger partial charge in [-0.3, -0.25) is 9.59 Å². The van der Waals surface area contributed by atoms with Gasteiger partial charge in [0.15, 0.2) is 0 Å². The average Bonchev–Trinajstić information content (AvgIpc) is 2.92. The van der Waals surface area contributed by atoms with Gasteiger partial charge in [0, 0.05) is 22.9 Å². The predicted molar refractivity (Wildman–Crippen MR) is 84.6 cm³/mol. The minimum atomic E-state index is -0.440. The minimum Gasteiger partial charge on any atom is -0.469 e. The van der Waals surface area contributed by atoms with Crippen LogP contribution >= 0.6 is 0 Å². The Morgan fingerprint density at radius 1 is 1.30 bits per heavy atom. The second-order valence-corrected chi connectivity index (χ2v) is 5.05. The van der Waals surface area contributed by atoms with E-state index in [-0.39, 0.29) is 19.0 Å². The highest BCUT2D eigenvalue weighted by atomic mass is 16.5. The molecule has 1 heterocycles. The highest BCUT2D eigenvalue weighted by Gasteiger charge is 2.19. The fourth-order valence-electron chi connectivity index (χ4n) is 2.50. The third-order valence-electron chi connectivity index (χ3n) is 3.58. The van der Waals surface area contributed by atoms with Crippen molar-refractivity contribution in [3.63, 3.8) is 0 Å². The number of fused-ring (bicyclic) bond motifs is 1. The first kappa shape index (κ1) is 16.7. The molecule has 0 aliphatic heterocycles. The van der Waals surface area contributed by atoms with Crippen LogP contribution in [-0.4, -0.2) is 36.9 Å². The zero-order chi connectivity index (χ0) is 16.8. The van der Waals surface area contributed by atoms with E-state index in [9.17, 15) is 14.4 Å². The van der Waals surface area contributed by atoms with E-state index in [2.05, 4.69) is 9.72 Å². The first-order valence-corrected chi connectivity index (χ1v) is 7.44. The number of methoxy groups -OCH3 is 1. The van der Waals surface area contributed by atoms with Crippen molar-refractivity contribution in [2.45, 2.75) is 26.2 Å². The molecule has 0 radical (unpaired) electrons. The fraction of sp³-hybridized carbons (Fsp3) is 0.353. The topological polar surface area (TPSA) is 85.5 Å². The van der Waals surface area contributed by atoms with Gasteiger partial charge < -0.3 is 14.5 Å². The molecule has 1 aromatic carbocycles. The SMILES string of the molecule is CCOC(=O)c1[nH]c2cc(C=O)ccc2c1CCCC(=O)OC. The normalized spacial score (nSPS) is 10.5. The molecule has 0 spiro atoms. The lowest BCUT2D eigenvalue weighted by molar-refractivity contribution is -0.140. The number of aromatic amines is 1. The summed E-state index contributed by atoms with van der Waals surface area (Å²) in [6.45, 7) is 2.01. The Balaban J connectivity index is 2.36. The van der Waals surface area contributed by atoms with E-state index >= 15 is 0 Å². The molecule has 0 saturated heterocycles. The minimum absolute atomic E-state index is 0.273. The second kappa shape index (κ2) is 7.58. The van der Waals surface area contributed by atoms with Crippen molar-refractivity contribution in [2.75, 3.05) is 13.7 Å². The molecule has 0 bridgehead atoms. The lowest BCUT2D eigenvalue weighted by atomic mass is 10.0. The lowest BCUT2D eigenvalue weighted by Crippen LogP contribution is -2.08. The van der Waals surface area contributed by atoms with Crippen LogP contribution in [0.15, 0.2) is 18.2 Å². The van der Waals surface area contributed by atoms with Crippen molar-refractivity contribution in [3.05, 3.63) is 35.0 Å². The molecule has 0 fully saturated rings. The van der Waals surface area contributed by atoms with Crippen molar-refractivity contribution in [1.29, 1.82) is 0 Å². The molecular weight excluding hydrogens is 298 g/mol. The van der Waals surface area contributed by atoms with Gasteiger partial charge >= 0.3 is 11.9 Å². The molecule has 0 atom stereocenters. The number of carbonyl (C=O) groups excluding carboxylic acids is 3. The number of aldehydes is 1. The van der Waals surface area contributed by atoms with E-state index in [1.807, 2.05) is 0 Å². The van der Waals surface area contributed by atoms with E-state index in [1.54, 1.807) is 25.1 Å². The highest BCUT2D eigenvalue weighted by Crippen LogP contribution is 2.26. The zero-order valence-electron chi connectivity index (χ0n) is 13.2. The van der Waals surface area contributed by atoms with Gasteiger partial charge in [0.25, 0.3) is 0 Å². The first-order chi connectivity index (χ1) is 11.1. The highest BCUT2D eigenvalue weighted by molar-refractivity contribution is 5.99. The van der Waals surface area contributed by atoms with Crippen molar-refractivity contribution in [2.24, 2.45) is 0 Å². The van der Waals surface area contributed by atoms with Crippen LogP contribution in [0.4, 0.5) is 0 Å². The molecule has 6 nitrogen and oxygen atoms in total. The summed E-state index contributed by atoms with van der Waals surface area (Å²) in [5, 5.41) is 0.850. The third-order valence-corrected chi connectivity index (χ3v) is 3.58. The number of benzene rings is 1. The molecule has 0 aliphatic carbocycles. The summed E-state index contributed by atoms with van der Waals surface area (Å²) in [4.78, 5) is 37.3. The van der Waals surface area contributed by atoms with E-state index in [0.717, 1.165) is 17.2 Å². The van der Waals surface area contributed by atoms with E-state index < -0.39 is 5.97 Å². The van der Waals surface area contributed by atoms with Crippen LogP contribution in [0, 0.1) is 0 Å². The maximum absolute atomic E-state index is 12.1. The van der Waals surface area contributed by atoms with Gasteiger partial charge in [0.1, 0.15) is 12.0 Å². The lowest BCUT2D eigenvalue weighted by Gasteiger charge is -2.04. The van der Waals surface area contributed by atoms with Gasteiger partial charge in [-0.25, -0.2) is 4.79 Å². The van der Waals surface area contributed by atoms with Gasteiger partial charge in [0.2, 0.25) is 0 Å². The molecule has 0 amide bonds. The van der Waals surface area contributed by atoms with Crippen LogP contribution in [0.1, 0.15) is 46.2 Å². The Morgan fingerprint density at radius 2 is 2.09 bits per heavy atom. The fourth-order valence-corrected chi connectivity index (χ4v) is 2.50. The summed E-state index contributed by atoms with van der Waals surface area (Å²) >= 11 is 0. The molecule has 122 valence electrons.